The number of carbonyl (C=O) groups is 2. The smallest absolute Gasteiger partial charge is 0.307 e. The van der Waals surface area contributed by atoms with Crippen molar-refractivity contribution < 1.29 is 14.7 Å². The second kappa shape index (κ2) is 5.88. The zero-order chi connectivity index (χ0) is 15.7. The van der Waals surface area contributed by atoms with Crippen LogP contribution in [0.5, 0.6) is 0 Å². The lowest BCUT2D eigenvalue weighted by atomic mass is 9.82. The zero-order valence-electron chi connectivity index (χ0n) is 12.1. The summed E-state index contributed by atoms with van der Waals surface area (Å²) in [6, 6.07) is 5.55. The number of aromatic nitrogens is 1. The van der Waals surface area contributed by atoms with Gasteiger partial charge in [0.1, 0.15) is 0 Å². The molecule has 3 rings (SSSR count). The van der Waals surface area contributed by atoms with Crippen molar-refractivity contribution in [2.24, 2.45) is 11.8 Å². The average Bonchev–Trinajstić information content (AvgIpc) is 2.86. The van der Waals surface area contributed by atoms with Crippen LogP contribution >= 0.6 is 11.3 Å². The van der Waals surface area contributed by atoms with Crippen LogP contribution in [0.2, 0.25) is 0 Å². The summed E-state index contributed by atoms with van der Waals surface area (Å²) in [5.41, 5.74) is 1.59. The molecule has 1 aromatic carbocycles. The van der Waals surface area contributed by atoms with E-state index in [0.717, 1.165) is 15.2 Å². The van der Waals surface area contributed by atoms with Gasteiger partial charge in [0.15, 0.2) is 0 Å². The van der Waals surface area contributed by atoms with Crippen LogP contribution in [0.15, 0.2) is 30.4 Å². The molecule has 1 amide bonds. The number of allylic oxidation sites excluding steroid dienone is 2. The lowest BCUT2D eigenvalue weighted by Gasteiger charge is -2.24. The minimum Gasteiger partial charge on any atom is -0.481 e. The van der Waals surface area contributed by atoms with Crippen LogP contribution in [-0.4, -0.2) is 22.0 Å². The van der Waals surface area contributed by atoms with Gasteiger partial charge in [-0.05, 0) is 38.0 Å². The third kappa shape index (κ3) is 2.87. The first kappa shape index (κ1) is 14.7. The summed E-state index contributed by atoms with van der Waals surface area (Å²) in [5.74, 6) is -2.34. The first-order valence-corrected chi connectivity index (χ1v) is 7.92. The van der Waals surface area contributed by atoms with Crippen molar-refractivity contribution in [3.63, 3.8) is 0 Å². The normalized spacial score (nSPS) is 21.0. The molecule has 0 aliphatic heterocycles. The SMILES string of the molecule is Cc1nc2ccc(NC(=O)[C@H]3CC=CC[C@H]3C(=O)O)cc2s1. The van der Waals surface area contributed by atoms with Crippen molar-refractivity contribution in [1.82, 2.24) is 4.98 Å². The minimum atomic E-state index is -0.918. The van der Waals surface area contributed by atoms with Crippen LogP contribution in [0.25, 0.3) is 10.2 Å². The van der Waals surface area contributed by atoms with Gasteiger partial charge in [-0.15, -0.1) is 11.3 Å². The first-order chi connectivity index (χ1) is 10.5. The Balaban J connectivity index is 1.79. The standard InChI is InChI=1S/C16H16N2O3S/c1-9-17-13-7-6-10(8-14(13)22-9)18-15(19)11-4-2-3-5-12(11)16(20)21/h2-3,6-8,11-12H,4-5H2,1H3,(H,18,19)(H,20,21)/t11-,12+/m0/s1. The Morgan fingerprint density at radius 2 is 2.00 bits per heavy atom. The molecule has 5 nitrogen and oxygen atoms in total. The molecule has 1 aromatic heterocycles. The van der Waals surface area contributed by atoms with Gasteiger partial charge in [0.05, 0.1) is 27.1 Å². The van der Waals surface area contributed by atoms with E-state index in [4.69, 9.17) is 0 Å². The van der Waals surface area contributed by atoms with Crippen LogP contribution in [-0.2, 0) is 9.59 Å². The van der Waals surface area contributed by atoms with Gasteiger partial charge < -0.3 is 10.4 Å². The monoisotopic (exact) mass is 316 g/mol. The highest BCUT2D eigenvalue weighted by Crippen LogP contribution is 2.29. The molecule has 0 spiro atoms. The molecule has 0 fully saturated rings. The molecule has 2 N–H and O–H groups in total. The summed E-state index contributed by atoms with van der Waals surface area (Å²) in [5, 5.41) is 13.1. The number of amides is 1. The van der Waals surface area contributed by atoms with Gasteiger partial charge in [-0.1, -0.05) is 12.2 Å². The molecule has 2 atom stereocenters. The van der Waals surface area contributed by atoms with E-state index in [9.17, 15) is 14.7 Å². The number of benzene rings is 1. The van der Waals surface area contributed by atoms with Crippen LogP contribution in [0.3, 0.4) is 0 Å². The number of fused-ring (bicyclic) bond motifs is 1. The number of carboxylic acids is 1. The summed E-state index contributed by atoms with van der Waals surface area (Å²) < 4.78 is 1.01. The van der Waals surface area contributed by atoms with Crippen LogP contribution in [0, 0.1) is 18.8 Å². The number of anilines is 1. The molecule has 0 saturated heterocycles. The van der Waals surface area contributed by atoms with E-state index in [1.807, 2.05) is 31.2 Å². The number of hydrogen-bond acceptors (Lipinski definition) is 4. The van der Waals surface area contributed by atoms with Gasteiger partial charge in [0, 0.05) is 5.69 Å². The van der Waals surface area contributed by atoms with Crippen molar-refractivity contribution in [3.05, 3.63) is 35.4 Å². The molecule has 0 bridgehead atoms. The van der Waals surface area contributed by atoms with Crippen molar-refractivity contribution >= 4 is 39.1 Å². The Hall–Kier alpha value is -2.21. The molecule has 0 radical (unpaired) electrons. The number of nitrogens with one attached hydrogen (secondary N) is 1. The molecule has 1 aliphatic rings. The van der Waals surface area contributed by atoms with Crippen molar-refractivity contribution in [2.75, 3.05) is 5.32 Å². The lowest BCUT2D eigenvalue weighted by molar-refractivity contribution is -0.146. The number of carboxylic acid groups (broad SMARTS) is 1. The van der Waals surface area contributed by atoms with Gasteiger partial charge in [-0.3, -0.25) is 9.59 Å². The topological polar surface area (TPSA) is 79.3 Å². The number of aliphatic carboxylic acids is 1. The molecule has 0 unspecified atom stereocenters. The fraction of sp³-hybridized carbons (Fsp3) is 0.312. The molecular weight excluding hydrogens is 300 g/mol. The maximum atomic E-state index is 12.4. The van der Waals surface area contributed by atoms with Crippen LogP contribution < -0.4 is 5.32 Å². The fourth-order valence-corrected chi connectivity index (χ4v) is 3.60. The third-order valence-corrected chi connectivity index (χ3v) is 4.78. The third-order valence-electron chi connectivity index (χ3n) is 3.85. The Kier molecular flexibility index (Phi) is 3.94. The Bertz CT molecular complexity index is 766. The van der Waals surface area contributed by atoms with E-state index in [-0.39, 0.29) is 5.91 Å². The predicted octanol–water partition coefficient (Wildman–Crippen LogP) is 3.21. The summed E-state index contributed by atoms with van der Waals surface area (Å²) in [4.78, 5) is 28.1. The van der Waals surface area contributed by atoms with Gasteiger partial charge in [0.2, 0.25) is 5.91 Å². The highest BCUT2D eigenvalue weighted by Gasteiger charge is 2.33. The van der Waals surface area contributed by atoms with Gasteiger partial charge >= 0.3 is 5.97 Å². The molecular formula is C16H16N2O3S. The second-order valence-electron chi connectivity index (χ2n) is 5.40. The van der Waals surface area contributed by atoms with E-state index >= 15 is 0 Å². The lowest BCUT2D eigenvalue weighted by Crippen LogP contribution is -2.34. The maximum absolute atomic E-state index is 12.4. The second-order valence-corrected chi connectivity index (χ2v) is 6.63. The van der Waals surface area contributed by atoms with Gasteiger partial charge in [-0.2, -0.15) is 0 Å². The van der Waals surface area contributed by atoms with Gasteiger partial charge in [-0.25, -0.2) is 4.98 Å². The van der Waals surface area contributed by atoms with Crippen LogP contribution in [0.1, 0.15) is 17.8 Å². The zero-order valence-corrected chi connectivity index (χ0v) is 12.9. The Labute approximate surface area is 131 Å². The molecule has 1 aliphatic carbocycles. The highest BCUT2D eigenvalue weighted by atomic mass is 32.1. The molecule has 2 aromatic rings. The van der Waals surface area contributed by atoms with E-state index in [1.54, 1.807) is 17.4 Å². The fourth-order valence-electron chi connectivity index (χ4n) is 2.73. The molecule has 22 heavy (non-hydrogen) atoms. The van der Waals surface area contributed by atoms with Crippen molar-refractivity contribution in [1.29, 1.82) is 0 Å². The molecule has 0 saturated carbocycles. The van der Waals surface area contributed by atoms with E-state index < -0.39 is 17.8 Å². The van der Waals surface area contributed by atoms with E-state index in [2.05, 4.69) is 10.3 Å². The quantitative estimate of drug-likeness (QED) is 0.852. The summed E-state index contributed by atoms with van der Waals surface area (Å²) in [6.45, 7) is 1.94. The first-order valence-electron chi connectivity index (χ1n) is 7.10. The molecule has 114 valence electrons. The largest absolute Gasteiger partial charge is 0.481 e. The molecule has 6 heteroatoms. The number of nitrogens with zero attached hydrogens (tertiary/aromatic N) is 1. The highest BCUT2D eigenvalue weighted by molar-refractivity contribution is 7.18. The number of carbonyl (C=O) groups excluding carboxylic acids is 1. The van der Waals surface area contributed by atoms with Crippen molar-refractivity contribution in [3.8, 4) is 0 Å². The Morgan fingerprint density at radius 1 is 1.27 bits per heavy atom. The minimum absolute atomic E-state index is 0.239. The van der Waals surface area contributed by atoms with Gasteiger partial charge in [0.25, 0.3) is 0 Å². The Morgan fingerprint density at radius 3 is 2.73 bits per heavy atom. The number of aryl methyl sites for hydroxylation is 1. The molecule has 1 heterocycles. The van der Waals surface area contributed by atoms with E-state index in [0.29, 0.717) is 18.5 Å². The summed E-state index contributed by atoms with van der Waals surface area (Å²) in [6.07, 6.45) is 4.57. The summed E-state index contributed by atoms with van der Waals surface area (Å²) in [7, 11) is 0. The van der Waals surface area contributed by atoms with Crippen LogP contribution in [0.4, 0.5) is 5.69 Å². The van der Waals surface area contributed by atoms with Crippen molar-refractivity contribution in [2.45, 2.75) is 19.8 Å². The predicted molar refractivity (Wildman–Crippen MR) is 86.0 cm³/mol. The average molecular weight is 316 g/mol. The maximum Gasteiger partial charge on any atom is 0.307 e. The number of rotatable bonds is 3. The van der Waals surface area contributed by atoms with E-state index in [1.165, 1.54) is 0 Å². The summed E-state index contributed by atoms with van der Waals surface area (Å²) >= 11 is 1.57. The number of hydrogen-bond donors (Lipinski definition) is 2. The number of thiazole rings is 1.